The van der Waals surface area contributed by atoms with Gasteiger partial charge in [0.15, 0.2) is 0 Å². The molecule has 0 spiro atoms. The summed E-state index contributed by atoms with van der Waals surface area (Å²) >= 11 is 0. The number of likely N-dealkylation sites (tertiary alicyclic amines) is 1. The largest absolute Gasteiger partial charge is 0.411 e. The molecule has 1 saturated heterocycles. The molecule has 1 aliphatic heterocycles. The van der Waals surface area contributed by atoms with E-state index in [0.29, 0.717) is 5.92 Å². The van der Waals surface area contributed by atoms with Gasteiger partial charge in [0.2, 0.25) is 0 Å². The predicted molar refractivity (Wildman–Crippen MR) is 45.1 cm³/mol. The van der Waals surface area contributed by atoms with Gasteiger partial charge in [0.25, 0.3) is 0 Å². The van der Waals surface area contributed by atoms with Gasteiger partial charge in [0, 0.05) is 25.4 Å². The van der Waals surface area contributed by atoms with Crippen LogP contribution in [0.25, 0.3) is 0 Å². The molecule has 0 bridgehead atoms. The maximum Gasteiger partial charge on any atom is 0.0624 e. The fourth-order valence-corrected chi connectivity index (χ4v) is 1.54. The summed E-state index contributed by atoms with van der Waals surface area (Å²) in [5.74, 6) is 0.425. The highest BCUT2D eigenvalue weighted by atomic mass is 16.4. The highest BCUT2D eigenvalue weighted by Gasteiger charge is 2.20. The van der Waals surface area contributed by atoms with Crippen molar-refractivity contribution < 1.29 is 5.21 Å². The standard InChI is InChI=1S/C8H16N2O/c1-3-10-5-4-8(9-11)7(2)6-10/h7,11H,3-6H2,1-2H3/b9-8-. The Bertz CT molecular complexity index is 156. The van der Waals surface area contributed by atoms with E-state index in [4.69, 9.17) is 5.21 Å². The first-order chi connectivity index (χ1) is 5.27. The minimum Gasteiger partial charge on any atom is -0.411 e. The van der Waals surface area contributed by atoms with Crippen molar-refractivity contribution in [2.24, 2.45) is 11.1 Å². The van der Waals surface area contributed by atoms with E-state index in [2.05, 4.69) is 23.9 Å². The van der Waals surface area contributed by atoms with Crippen molar-refractivity contribution in [2.45, 2.75) is 20.3 Å². The summed E-state index contributed by atoms with van der Waals surface area (Å²) in [7, 11) is 0. The molecule has 3 heteroatoms. The number of rotatable bonds is 1. The van der Waals surface area contributed by atoms with Crippen molar-refractivity contribution in [1.29, 1.82) is 0 Å². The first kappa shape index (κ1) is 8.53. The molecule has 64 valence electrons. The Hall–Kier alpha value is -0.570. The molecule has 1 N–H and O–H groups in total. The molecule has 1 aliphatic rings. The lowest BCUT2D eigenvalue weighted by atomic mass is 9.98. The molecule has 1 unspecified atom stereocenters. The van der Waals surface area contributed by atoms with E-state index >= 15 is 0 Å². The fourth-order valence-electron chi connectivity index (χ4n) is 1.54. The van der Waals surface area contributed by atoms with Crippen LogP contribution in [0, 0.1) is 5.92 Å². The Morgan fingerprint density at radius 1 is 1.73 bits per heavy atom. The first-order valence-corrected chi connectivity index (χ1v) is 4.21. The lowest BCUT2D eigenvalue weighted by Gasteiger charge is -2.30. The predicted octanol–water partition coefficient (Wildman–Crippen LogP) is 1.18. The minimum atomic E-state index is 0.425. The van der Waals surface area contributed by atoms with Crippen molar-refractivity contribution in [1.82, 2.24) is 4.90 Å². The van der Waals surface area contributed by atoms with E-state index in [9.17, 15) is 0 Å². The maximum atomic E-state index is 8.59. The van der Waals surface area contributed by atoms with Crippen LogP contribution in [0.2, 0.25) is 0 Å². The average Bonchev–Trinajstić information content (AvgIpc) is 2.04. The number of nitrogens with zero attached hydrogens (tertiary/aromatic N) is 2. The molecule has 0 radical (unpaired) electrons. The molecule has 11 heavy (non-hydrogen) atoms. The van der Waals surface area contributed by atoms with Crippen molar-refractivity contribution in [3.8, 4) is 0 Å². The van der Waals surface area contributed by atoms with Crippen LogP contribution in [0.4, 0.5) is 0 Å². The van der Waals surface area contributed by atoms with Gasteiger partial charge in [-0.2, -0.15) is 0 Å². The Morgan fingerprint density at radius 3 is 2.91 bits per heavy atom. The van der Waals surface area contributed by atoms with Crippen LogP contribution in [0.15, 0.2) is 5.16 Å². The van der Waals surface area contributed by atoms with Crippen LogP contribution >= 0.6 is 0 Å². The zero-order chi connectivity index (χ0) is 8.27. The van der Waals surface area contributed by atoms with Gasteiger partial charge in [-0.25, -0.2) is 0 Å². The van der Waals surface area contributed by atoms with E-state index < -0.39 is 0 Å². The van der Waals surface area contributed by atoms with Crippen LogP contribution in [0.1, 0.15) is 20.3 Å². The minimum absolute atomic E-state index is 0.425. The molecule has 0 amide bonds. The smallest absolute Gasteiger partial charge is 0.0624 e. The summed E-state index contributed by atoms with van der Waals surface area (Å²) < 4.78 is 0. The van der Waals surface area contributed by atoms with E-state index in [0.717, 1.165) is 31.8 Å². The van der Waals surface area contributed by atoms with Crippen LogP contribution in [-0.2, 0) is 0 Å². The van der Waals surface area contributed by atoms with Gasteiger partial charge in [-0.15, -0.1) is 0 Å². The van der Waals surface area contributed by atoms with E-state index in [1.54, 1.807) is 0 Å². The van der Waals surface area contributed by atoms with Crippen molar-refractivity contribution in [3.05, 3.63) is 0 Å². The summed E-state index contributed by atoms with van der Waals surface area (Å²) in [6.45, 7) is 7.45. The average molecular weight is 156 g/mol. The molecule has 0 aromatic heterocycles. The Balaban J connectivity index is 2.48. The molecule has 0 saturated carbocycles. The van der Waals surface area contributed by atoms with Crippen LogP contribution < -0.4 is 0 Å². The summed E-state index contributed by atoms with van der Waals surface area (Å²) in [5, 5.41) is 11.9. The number of oxime groups is 1. The fraction of sp³-hybridized carbons (Fsp3) is 0.875. The van der Waals surface area contributed by atoms with Gasteiger partial charge in [-0.1, -0.05) is 19.0 Å². The van der Waals surface area contributed by atoms with Gasteiger partial charge in [-0.3, -0.25) is 0 Å². The lowest BCUT2D eigenvalue weighted by Crippen LogP contribution is -2.39. The summed E-state index contributed by atoms with van der Waals surface area (Å²) in [6.07, 6.45) is 0.922. The third-order valence-corrected chi connectivity index (χ3v) is 2.36. The summed E-state index contributed by atoms with van der Waals surface area (Å²) in [4.78, 5) is 2.37. The molecule has 1 rings (SSSR count). The summed E-state index contributed by atoms with van der Waals surface area (Å²) in [6, 6.07) is 0. The zero-order valence-electron chi connectivity index (χ0n) is 7.25. The maximum absolute atomic E-state index is 8.59. The number of hydrogen-bond acceptors (Lipinski definition) is 3. The molecular weight excluding hydrogens is 140 g/mol. The summed E-state index contributed by atoms with van der Waals surface area (Å²) in [5.41, 5.74) is 0.953. The van der Waals surface area contributed by atoms with E-state index in [1.807, 2.05) is 0 Å². The topological polar surface area (TPSA) is 35.8 Å². The Morgan fingerprint density at radius 2 is 2.45 bits per heavy atom. The first-order valence-electron chi connectivity index (χ1n) is 4.21. The third kappa shape index (κ3) is 1.93. The van der Waals surface area contributed by atoms with Crippen molar-refractivity contribution in [2.75, 3.05) is 19.6 Å². The van der Waals surface area contributed by atoms with Crippen molar-refractivity contribution in [3.63, 3.8) is 0 Å². The second-order valence-electron chi connectivity index (χ2n) is 3.14. The molecule has 1 heterocycles. The zero-order valence-corrected chi connectivity index (χ0v) is 7.25. The highest BCUT2D eigenvalue weighted by molar-refractivity contribution is 5.86. The van der Waals surface area contributed by atoms with E-state index in [-0.39, 0.29) is 0 Å². The molecular formula is C8H16N2O. The molecule has 0 aromatic rings. The SMILES string of the molecule is CCN1CC/C(=N/O)C(C)C1. The monoisotopic (exact) mass is 156 g/mol. The number of hydrogen-bond donors (Lipinski definition) is 1. The second-order valence-corrected chi connectivity index (χ2v) is 3.14. The third-order valence-electron chi connectivity index (χ3n) is 2.36. The van der Waals surface area contributed by atoms with Crippen LogP contribution in [0.5, 0.6) is 0 Å². The van der Waals surface area contributed by atoms with Gasteiger partial charge in [0.05, 0.1) is 5.71 Å². The lowest BCUT2D eigenvalue weighted by molar-refractivity contribution is 0.246. The number of piperidine rings is 1. The van der Waals surface area contributed by atoms with Crippen molar-refractivity contribution >= 4 is 5.71 Å². The molecule has 1 fully saturated rings. The van der Waals surface area contributed by atoms with Gasteiger partial charge in [-0.05, 0) is 6.54 Å². The van der Waals surface area contributed by atoms with Crippen LogP contribution in [0.3, 0.4) is 0 Å². The Kier molecular flexibility index (Phi) is 2.88. The molecule has 0 aromatic carbocycles. The molecule has 1 atom stereocenters. The van der Waals surface area contributed by atoms with Gasteiger partial charge < -0.3 is 10.1 Å². The van der Waals surface area contributed by atoms with Gasteiger partial charge >= 0.3 is 0 Å². The second kappa shape index (κ2) is 3.72. The highest BCUT2D eigenvalue weighted by Crippen LogP contribution is 2.12. The van der Waals surface area contributed by atoms with Crippen LogP contribution in [-0.4, -0.2) is 35.5 Å². The van der Waals surface area contributed by atoms with E-state index in [1.165, 1.54) is 0 Å². The molecule has 3 nitrogen and oxygen atoms in total. The molecule has 0 aliphatic carbocycles. The quantitative estimate of drug-likeness (QED) is 0.457. The Labute approximate surface area is 67.7 Å². The normalized spacial score (nSPS) is 31.1. The van der Waals surface area contributed by atoms with Gasteiger partial charge in [0.1, 0.15) is 0 Å².